The summed E-state index contributed by atoms with van der Waals surface area (Å²) < 4.78 is 18.7. The van der Waals surface area contributed by atoms with Gasteiger partial charge in [0, 0.05) is 26.2 Å². The van der Waals surface area contributed by atoms with Crippen LogP contribution in [0.2, 0.25) is 0 Å². The van der Waals surface area contributed by atoms with E-state index in [1.54, 1.807) is 11.0 Å². The molecular weight excluding hydrogens is 359 g/mol. The first kappa shape index (κ1) is 22.0. The van der Waals surface area contributed by atoms with Crippen molar-refractivity contribution < 1.29 is 13.9 Å². The number of carbonyl (C=O) groups is 1. The number of amides is 1. The van der Waals surface area contributed by atoms with E-state index in [0.29, 0.717) is 25.6 Å². The molecule has 0 bridgehead atoms. The summed E-state index contributed by atoms with van der Waals surface area (Å²) in [6.07, 6.45) is 1.62. The highest BCUT2D eigenvalue weighted by atomic mass is 19.1. The van der Waals surface area contributed by atoms with Crippen molar-refractivity contribution in [2.45, 2.75) is 52.7 Å². The number of piperidine rings is 1. The van der Waals surface area contributed by atoms with Crippen molar-refractivity contribution in [2.24, 2.45) is 10.9 Å². The van der Waals surface area contributed by atoms with Crippen LogP contribution in [0, 0.1) is 11.7 Å². The molecule has 7 heteroatoms. The third kappa shape index (κ3) is 7.74. The molecule has 1 aromatic rings. The van der Waals surface area contributed by atoms with Crippen LogP contribution in [0.25, 0.3) is 0 Å². The Hall–Kier alpha value is -2.31. The molecule has 2 N–H and O–H groups in total. The summed E-state index contributed by atoms with van der Waals surface area (Å²) >= 11 is 0. The summed E-state index contributed by atoms with van der Waals surface area (Å²) in [4.78, 5) is 18.5. The Balaban J connectivity index is 1.79. The number of rotatable bonds is 5. The predicted molar refractivity (Wildman–Crippen MR) is 110 cm³/mol. The van der Waals surface area contributed by atoms with Crippen molar-refractivity contribution in [3.05, 3.63) is 35.6 Å². The SMILES string of the molecule is CCNC(=NCc1cccc(F)c1)NCC1CCN(C(=O)OC(C)(C)C)CC1. The van der Waals surface area contributed by atoms with Gasteiger partial charge in [-0.15, -0.1) is 0 Å². The van der Waals surface area contributed by atoms with E-state index >= 15 is 0 Å². The molecule has 1 fully saturated rings. The molecule has 1 amide bonds. The Morgan fingerprint density at radius 2 is 2.00 bits per heavy atom. The largest absolute Gasteiger partial charge is 0.444 e. The zero-order chi connectivity index (χ0) is 20.6. The molecule has 0 aliphatic carbocycles. The van der Waals surface area contributed by atoms with Crippen LogP contribution in [-0.4, -0.2) is 48.7 Å². The summed E-state index contributed by atoms with van der Waals surface area (Å²) in [6, 6.07) is 6.49. The lowest BCUT2D eigenvalue weighted by Gasteiger charge is -2.33. The number of hydrogen-bond donors (Lipinski definition) is 2. The van der Waals surface area contributed by atoms with Gasteiger partial charge in [0.25, 0.3) is 0 Å². The van der Waals surface area contributed by atoms with Crippen molar-refractivity contribution in [3.8, 4) is 0 Å². The van der Waals surface area contributed by atoms with Gasteiger partial charge in [-0.25, -0.2) is 14.2 Å². The molecule has 0 unspecified atom stereocenters. The number of likely N-dealkylation sites (tertiary alicyclic amines) is 1. The third-order valence-corrected chi connectivity index (χ3v) is 4.48. The van der Waals surface area contributed by atoms with Gasteiger partial charge in [-0.2, -0.15) is 0 Å². The Labute approximate surface area is 167 Å². The molecule has 1 aliphatic rings. The molecule has 6 nitrogen and oxygen atoms in total. The minimum Gasteiger partial charge on any atom is -0.444 e. The molecule has 1 saturated heterocycles. The van der Waals surface area contributed by atoms with Crippen molar-refractivity contribution in [3.63, 3.8) is 0 Å². The highest BCUT2D eigenvalue weighted by Crippen LogP contribution is 2.19. The number of ether oxygens (including phenoxy) is 1. The maximum atomic E-state index is 13.3. The summed E-state index contributed by atoms with van der Waals surface area (Å²) in [5.41, 5.74) is 0.372. The van der Waals surface area contributed by atoms with Crippen LogP contribution in [-0.2, 0) is 11.3 Å². The summed E-state index contributed by atoms with van der Waals surface area (Å²) in [6.45, 7) is 11.0. The smallest absolute Gasteiger partial charge is 0.410 e. The van der Waals surface area contributed by atoms with E-state index in [4.69, 9.17) is 4.74 Å². The molecule has 2 rings (SSSR count). The van der Waals surface area contributed by atoms with Crippen LogP contribution in [0.15, 0.2) is 29.3 Å². The molecule has 0 atom stereocenters. The minimum atomic E-state index is -0.464. The maximum absolute atomic E-state index is 13.3. The third-order valence-electron chi connectivity index (χ3n) is 4.48. The standard InChI is InChI=1S/C21H33FN4O2/c1-5-23-19(25-15-17-7-6-8-18(22)13-17)24-14-16-9-11-26(12-10-16)20(27)28-21(2,3)4/h6-8,13,16H,5,9-12,14-15H2,1-4H3,(H2,23,24,25). The highest BCUT2D eigenvalue weighted by molar-refractivity contribution is 5.79. The molecule has 28 heavy (non-hydrogen) atoms. The van der Waals surface area contributed by atoms with Gasteiger partial charge in [0.15, 0.2) is 5.96 Å². The fraction of sp³-hybridized carbons (Fsp3) is 0.619. The van der Waals surface area contributed by atoms with Crippen LogP contribution in [0.1, 0.15) is 46.1 Å². The molecule has 0 aromatic heterocycles. The monoisotopic (exact) mass is 392 g/mol. The second-order valence-corrected chi connectivity index (χ2v) is 8.12. The van der Waals surface area contributed by atoms with Crippen molar-refractivity contribution >= 4 is 12.1 Å². The number of nitrogens with one attached hydrogen (secondary N) is 2. The van der Waals surface area contributed by atoms with E-state index in [1.165, 1.54) is 12.1 Å². The molecule has 1 heterocycles. The van der Waals surface area contributed by atoms with Gasteiger partial charge in [-0.3, -0.25) is 0 Å². The summed E-state index contributed by atoms with van der Waals surface area (Å²) in [5, 5.41) is 6.59. The van der Waals surface area contributed by atoms with Crippen LogP contribution in [0.3, 0.4) is 0 Å². The summed E-state index contributed by atoms with van der Waals surface area (Å²) in [7, 11) is 0. The Kier molecular flexibility index (Phi) is 8.08. The number of carbonyl (C=O) groups excluding carboxylic acids is 1. The van der Waals surface area contributed by atoms with Crippen molar-refractivity contribution in [1.29, 1.82) is 0 Å². The van der Waals surface area contributed by atoms with Gasteiger partial charge in [0.2, 0.25) is 0 Å². The topological polar surface area (TPSA) is 66.0 Å². The van der Waals surface area contributed by atoms with Crippen molar-refractivity contribution in [1.82, 2.24) is 15.5 Å². The van der Waals surface area contributed by atoms with E-state index in [0.717, 1.165) is 37.5 Å². The second kappa shape index (κ2) is 10.3. The van der Waals surface area contributed by atoms with E-state index in [9.17, 15) is 9.18 Å². The summed E-state index contributed by atoms with van der Waals surface area (Å²) in [5.74, 6) is 0.945. The zero-order valence-corrected chi connectivity index (χ0v) is 17.4. The van der Waals surface area contributed by atoms with Gasteiger partial charge in [0.05, 0.1) is 6.54 Å². The fourth-order valence-electron chi connectivity index (χ4n) is 3.03. The molecule has 1 aliphatic heterocycles. The lowest BCUT2D eigenvalue weighted by atomic mass is 9.97. The van der Waals surface area contributed by atoms with Gasteiger partial charge in [-0.1, -0.05) is 12.1 Å². The number of nitrogens with zero attached hydrogens (tertiary/aromatic N) is 2. The van der Waals surface area contributed by atoms with E-state index in [1.807, 2.05) is 33.8 Å². The van der Waals surface area contributed by atoms with Gasteiger partial charge in [-0.05, 0) is 64.2 Å². The molecule has 1 aromatic carbocycles. The quantitative estimate of drug-likeness (QED) is 0.594. The molecule has 156 valence electrons. The number of hydrogen-bond acceptors (Lipinski definition) is 3. The van der Waals surface area contributed by atoms with Crippen LogP contribution in [0.4, 0.5) is 9.18 Å². The Morgan fingerprint density at radius 3 is 2.61 bits per heavy atom. The molecular formula is C21H33FN4O2. The maximum Gasteiger partial charge on any atom is 0.410 e. The number of halogens is 1. The fourth-order valence-corrected chi connectivity index (χ4v) is 3.03. The minimum absolute atomic E-state index is 0.232. The van der Waals surface area contributed by atoms with Crippen LogP contribution in [0.5, 0.6) is 0 Å². The van der Waals surface area contributed by atoms with Crippen molar-refractivity contribution in [2.75, 3.05) is 26.2 Å². The number of benzene rings is 1. The van der Waals surface area contributed by atoms with E-state index < -0.39 is 5.60 Å². The number of aliphatic imine (C=N–C) groups is 1. The molecule has 0 spiro atoms. The predicted octanol–water partition coefficient (Wildman–Crippen LogP) is 3.53. The first-order chi connectivity index (χ1) is 13.3. The molecule has 0 saturated carbocycles. The Morgan fingerprint density at radius 1 is 1.29 bits per heavy atom. The normalized spacial score (nSPS) is 16.0. The lowest BCUT2D eigenvalue weighted by Crippen LogP contribution is -2.45. The van der Waals surface area contributed by atoms with Gasteiger partial charge in [0.1, 0.15) is 11.4 Å². The lowest BCUT2D eigenvalue weighted by molar-refractivity contribution is 0.0185. The second-order valence-electron chi connectivity index (χ2n) is 8.12. The van der Waals surface area contributed by atoms with Crippen LogP contribution >= 0.6 is 0 Å². The molecule has 0 radical (unpaired) electrons. The van der Waals surface area contributed by atoms with E-state index in [2.05, 4.69) is 15.6 Å². The zero-order valence-electron chi connectivity index (χ0n) is 17.4. The van der Waals surface area contributed by atoms with Crippen LogP contribution < -0.4 is 10.6 Å². The first-order valence-corrected chi connectivity index (χ1v) is 10.0. The van der Waals surface area contributed by atoms with Gasteiger partial charge < -0.3 is 20.3 Å². The number of guanidine groups is 1. The van der Waals surface area contributed by atoms with Gasteiger partial charge >= 0.3 is 6.09 Å². The van der Waals surface area contributed by atoms with E-state index in [-0.39, 0.29) is 11.9 Å². The average molecular weight is 393 g/mol. The highest BCUT2D eigenvalue weighted by Gasteiger charge is 2.26. The average Bonchev–Trinajstić information content (AvgIpc) is 2.63. The first-order valence-electron chi connectivity index (χ1n) is 10.0. The Bertz CT molecular complexity index is 665.